The topological polar surface area (TPSA) is 71.1 Å². The second-order valence-corrected chi connectivity index (χ2v) is 4.05. The fourth-order valence-electron chi connectivity index (χ4n) is 1.67. The predicted molar refractivity (Wildman–Crippen MR) is 55.8 cm³/mol. The molecular weight excluding hydrogens is 228 g/mol. The number of hydrogen-bond acceptors (Lipinski definition) is 6. The van der Waals surface area contributed by atoms with Gasteiger partial charge in [-0.15, -0.1) is 0 Å². The summed E-state index contributed by atoms with van der Waals surface area (Å²) in [6, 6.07) is 0. The van der Waals surface area contributed by atoms with Crippen LogP contribution in [0.4, 0.5) is 0 Å². The third kappa shape index (κ3) is 5.14. The zero-order chi connectivity index (χ0) is 12.5. The second kappa shape index (κ2) is 8.03. The Morgan fingerprint density at radius 1 is 0.882 bits per heavy atom. The summed E-state index contributed by atoms with van der Waals surface area (Å²) in [6.07, 6.45) is 6.86. The first-order valence-corrected chi connectivity index (χ1v) is 6.01. The van der Waals surface area contributed by atoms with Gasteiger partial charge in [0.05, 0.1) is 0 Å². The molecule has 1 aliphatic rings. The van der Waals surface area contributed by atoms with Crippen LogP contribution in [0.3, 0.4) is 0 Å². The van der Waals surface area contributed by atoms with E-state index in [0.717, 1.165) is 19.3 Å². The van der Waals surface area contributed by atoms with E-state index in [-0.39, 0.29) is 0 Å². The van der Waals surface area contributed by atoms with Gasteiger partial charge < -0.3 is 0 Å². The zero-order valence-electron chi connectivity index (χ0n) is 9.98. The Kier molecular flexibility index (Phi) is 6.57. The van der Waals surface area contributed by atoms with Gasteiger partial charge in [-0.05, 0) is 6.42 Å². The molecule has 6 heteroatoms. The van der Waals surface area contributed by atoms with Crippen molar-refractivity contribution in [3.05, 3.63) is 0 Å². The maximum Gasteiger partial charge on any atom is 0.360 e. The van der Waals surface area contributed by atoms with E-state index in [0.29, 0.717) is 6.42 Å². The van der Waals surface area contributed by atoms with Crippen molar-refractivity contribution in [2.75, 3.05) is 0 Å². The normalized spacial score (nSPS) is 17.5. The highest BCUT2D eigenvalue weighted by molar-refractivity contribution is 5.94. The van der Waals surface area contributed by atoms with Crippen LogP contribution in [-0.4, -0.2) is 11.9 Å². The van der Waals surface area contributed by atoms with Crippen LogP contribution in [0.1, 0.15) is 51.9 Å². The first-order chi connectivity index (χ1) is 8.25. The van der Waals surface area contributed by atoms with Crippen molar-refractivity contribution in [1.29, 1.82) is 0 Å². The molecule has 0 aromatic heterocycles. The molecule has 0 amide bonds. The van der Waals surface area contributed by atoms with Gasteiger partial charge in [0.2, 0.25) is 0 Å². The van der Waals surface area contributed by atoms with Crippen molar-refractivity contribution in [1.82, 2.24) is 0 Å². The minimum atomic E-state index is -0.941. The van der Waals surface area contributed by atoms with Gasteiger partial charge in [-0.1, -0.05) is 45.4 Å². The first-order valence-electron chi connectivity index (χ1n) is 6.01. The molecule has 6 nitrogen and oxygen atoms in total. The molecule has 1 fully saturated rings. The minimum absolute atomic E-state index is 0.399. The van der Waals surface area contributed by atoms with Gasteiger partial charge in [0.25, 0.3) is 0 Å². The molecule has 0 atom stereocenters. The number of unbranched alkanes of at least 4 members (excludes halogenated alkanes) is 5. The standard InChI is InChI=1S/C11H18O6/c1-2-3-4-5-6-7-8-9-10(12)14-16-17-15-11(9)13/h9H,2-8H2,1H3. The first kappa shape index (κ1) is 13.9. The monoisotopic (exact) mass is 246 g/mol. The Labute approximate surface area is 99.9 Å². The van der Waals surface area contributed by atoms with Crippen LogP contribution in [0.25, 0.3) is 0 Å². The molecule has 0 N–H and O–H groups in total. The van der Waals surface area contributed by atoms with E-state index in [4.69, 9.17) is 0 Å². The summed E-state index contributed by atoms with van der Waals surface area (Å²) in [5.41, 5.74) is 0. The smallest absolute Gasteiger partial charge is 0.265 e. The van der Waals surface area contributed by atoms with Crippen LogP contribution < -0.4 is 0 Å². The van der Waals surface area contributed by atoms with E-state index < -0.39 is 17.9 Å². The van der Waals surface area contributed by atoms with Crippen molar-refractivity contribution in [2.45, 2.75) is 51.9 Å². The van der Waals surface area contributed by atoms with Crippen LogP contribution in [0.15, 0.2) is 0 Å². The summed E-state index contributed by atoms with van der Waals surface area (Å²) < 4.78 is 0. The highest BCUT2D eigenvalue weighted by Crippen LogP contribution is 2.17. The summed E-state index contributed by atoms with van der Waals surface area (Å²) in [6.45, 7) is 2.15. The SMILES string of the molecule is CCCCCCCCC1C(=O)OOOOC1=O. The Morgan fingerprint density at radius 2 is 1.41 bits per heavy atom. The van der Waals surface area contributed by atoms with E-state index in [9.17, 15) is 9.59 Å². The Balaban J connectivity index is 2.19. The molecule has 17 heavy (non-hydrogen) atoms. The lowest BCUT2D eigenvalue weighted by atomic mass is 10.0. The highest BCUT2D eigenvalue weighted by atomic mass is 17.7. The van der Waals surface area contributed by atoms with Gasteiger partial charge >= 0.3 is 11.9 Å². The van der Waals surface area contributed by atoms with Crippen molar-refractivity contribution < 1.29 is 29.4 Å². The molecule has 0 radical (unpaired) electrons. The largest absolute Gasteiger partial charge is 0.360 e. The average Bonchev–Trinajstić information content (AvgIpc) is 2.47. The van der Waals surface area contributed by atoms with Crippen LogP contribution in [0.2, 0.25) is 0 Å². The summed E-state index contributed by atoms with van der Waals surface area (Å²) in [5, 5.41) is 7.75. The fraction of sp³-hybridized carbons (Fsp3) is 0.818. The Morgan fingerprint density at radius 3 is 2.00 bits per heavy atom. The van der Waals surface area contributed by atoms with E-state index in [2.05, 4.69) is 26.8 Å². The van der Waals surface area contributed by atoms with Crippen molar-refractivity contribution in [3.63, 3.8) is 0 Å². The molecular formula is C11H18O6. The van der Waals surface area contributed by atoms with Gasteiger partial charge in [0.15, 0.2) is 5.92 Å². The zero-order valence-corrected chi connectivity index (χ0v) is 9.98. The number of rotatable bonds is 7. The average molecular weight is 246 g/mol. The number of carbonyl (C=O) groups excluding carboxylic acids is 2. The maximum absolute atomic E-state index is 11.3. The fourth-order valence-corrected chi connectivity index (χ4v) is 1.67. The molecule has 98 valence electrons. The van der Waals surface area contributed by atoms with E-state index >= 15 is 0 Å². The maximum atomic E-state index is 11.3. The van der Waals surface area contributed by atoms with Gasteiger partial charge in [-0.2, -0.15) is 0 Å². The molecule has 1 rings (SSSR count). The molecule has 0 saturated carbocycles. The molecule has 0 bridgehead atoms. The van der Waals surface area contributed by atoms with Crippen LogP contribution >= 0.6 is 0 Å². The van der Waals surface area contributed by atoms with E-state index in [1.165, 1.54) is 19.3 Å². The van der Waals surface area contributed by atoms with Crippen LogP contribution in [0, 0.1) is 5.92 Å². The van der Waals surface area contributed by atoms with Gasteiger partial charge in [0, 0.05) is 10.1 Å². The second-order valence-electron chi connectivity index (χ2n) is 4.05. The Bertz CT molecular complexity index is 234. The van der Waals surface area contributed by atoms with Crippen LogP contribution in [0.5, 0.6) is 0 Å². The summed E-state index contributed by atoms with van der Waals surface area (Å²) in [5.74, 6) is -2.47. The Hall–Kier alpha value is -1.14. The quantitative estimate of drug-likeness (QED) is 0.389. The van der Waals surface area contributed by atoms with Crippen molar-refractivity contribution >= 4 is 11.9 Å². The van der Waals surface area contributed by atoms with Gasteiger partial charge in [-0.3, -0.25) is 9.78 Å². The molecule has 0 unspecified atom stereocenters. The molecule has 0 aromatic carbocycles. The summed E-state index contributed by atoms with van der Waals surface area (Å²) in [4.78, 5) is 30.9. The minimum Gasteiger partial charge on any atom is -0.265 e. The number of carbonyl (C=O) groups is 2. The summed E-state index contributed by atoms with van der Waals surface area (Å²) >= 11 is 0. The lowest BCUT2D eigenvalue weighted by Gasteiger charge is -2.06. The molecule has 1 saturated heterocycles. The van der Waals surface area contributed by atoms with Crippen molar-refractivity contribution in [2.24, 2.45) is 5.92 Å². The predicted octanol–water partition coefficient (Wildman–Crippen LogP) is 2.23. The van der Waals surface area contributed by atoms with Gasteiger partial charge in [0.1, 0.15) is 0 Å². The van der Waals surface area contributed by atoms with Crippen LogP contribution in [-0.2, 0) is 29.4 Å². The lowest BCUT2D eigenvalue weighted by Crippen LogP contribution is -2.24. The molecule has 1 aliphatic heterocycles. The van der Waals surface area contributed by atoms with E-state index in [1.807, 2.05) is 0 Å². The van der Waals surface area contributed by atoms with Crippen molar-refractivity contribution in [3.8, 4) is 0 Å². The highest BCUT2D eigenvalue weighted by Gasteiger charge is 2.34. The lowest BCUT2D eigenvalue weighted by molar-refractivity contribution is -0.594. The number of hydrogen-bond donors (Lipinski definition) is 0. The molecule has 0 spiro atoms. The van der Waals surface area contributed by atoms with E-state index in [1.54, 1.807) is 0 Å². The summed E-state index contributed by atoms with van der Waals surface area (Å²) in [7, 11) is 0. The molecule has 1 heterocycles. The molecule has 0 aliphatic carbocycles. The van der Waals surface area contributed by atoms with Gasteiger partial charge in [-0.25, -0.2) is 9.59 Å². The third-order valence-corrected chi connectivity index (χ3v) is 2.68. The molecule has 0 aromatic rings. The third-order valence-electron chi connectivity index (χ3n) is 2.68.